The van der Waals surface area contributed by atoms with Gasteiger partial charge in [-0.15, -0.1) is 12.4 Å². The van der Waals surface area contributed by atoms with Gasteiger partial charge in [-0.1, -0.05) is 48.5 Å². The topological polar surface area (TPSA) is 29.1 Å². The van der Waals surface area contributed by atoms with E-state index in [9.17, 15) is 18.0 Å². The number of amides is 1. The summed E-state index contributed by atoms with van der Waals surface area (Å²) in [5.74, 6) is -1.30. The molecular weight excluding hydrogens is 315 g/mol. The zero-order valence-corrected chi connectivity index (χ0v) is 12.2. The lowest BCUT2D eigenvalue weighted by Crippen LogP contribution is -2.36. The standard InChI is InChI=1S/C16H12F3NO.ClH/c17-16(18,19)9-20-15(21)14-12-7-3-1-5-10(12)11-6-2-4-8-13(11)14;/h1-8,14H,9H2,(H,20,21);1H. The van der Waals surface area contributed by atoms with Crippen LogP contribution < -0.4 is 5.32 Å². The predicted molar refractivity (Wildman–Crippen MR) is 80.0 cm³/mol. The van der Waals surface area contributed by atoms with E-state index >= 15 is 0 Å². The molecule has 0 saturated heterocycles. The van der Waals surface area contributed by atoms with E-state index < -0.39 is 24.5 Å². The second kappa shape index (κ2) is 6.01. The molecule has 116 valence electrons. The van der Waals surface area contributed by atoms with Crippen molar-refractivity contribution in [3.63, 3.8) is 0 Å². The van der Waals surface area contributed by atoms with Gasteiger partial charge >= 0.3 is 6.18 Å². The van der Waals surface area contributed by atoms with Crippen molar-refractivity contribution in [2.75, 3.05) is 6.54 Å². The van der Waals surface area contributed by atoms with Crippen LogP contribution in [-0.4, -0.2) is 18.6 Å². The van der Waals surface area contributed by atoms with Crippen LogP contribution in [0.4, 0.5) is 13.2 Å². The third kappa shape index (κ3) is 2.95. The van der Waals surface area contributed by atoms with E-state index in [1.807, 2.05) is 29.6 Å². The summed E-state index contributed by atoms with van der Waals surface area (Å²) in [5.41, 5.74) is 3.30. The lowest BCUT2D eigenvalue weighted by Gasteiger charge is -2.15. The number of hydrogen-bond acceptors (Lipinski definition) is 1. The maximum atomic E-state index is 12.3. The molecule has 2 aromatic rings. The highest BCUT2D eigenvalue weighted by Crippen LogP contribution is 2.44. The van der Waals surface area contributed by atoms with Crippen LogP contribution >= 0.6 is 12.4 Å². The van der Waals surface area contributed by atoms with E-state index in [0.29, 0.717) is 0 Å². The first-order valence-electron chi connectivity index (χ1n) is 6.50. The monoisotopic (exact) mass is 327 g/mol. The van der Waals surface area contributed by atoms with Crippen molar-refractivity contribution < 1.29 is 18.0 Å². The Morgan fingerprint density at radius 2 is 1.41 bits per heavy atom. The van der Waals surface area contributed by atoms with E-state index in [4.69, 9.17) is 0 Å². The Morgan fingerprint density at radius 1 is 0.955 bits per heavy atom. The van der Waals surface area contributed by atoms with Crippen LogP contribution in [0.1, 0.15) is 17.0 Å². The summed E-state index contributed by atoms with van der Waals surface area (Å²) in [6.45, 7) is -1.31. The van der Waals surface area contributed by atoms with Crippen LogP contribution in [0.25, 0.3) is 11.1 Å². The summed E-state index contributed by atoms with van der Waals surface area (Å²) in [6, 6.07) is 14.6. The van der Waals surface area contributed by atoms with Gasteiger partial charge in [-0.25, -0.2) is 0 Å². The fourth-order valence-corrected chi connectivity index (χ4v) is 2.73. The van der Waals surface area contributed by atoms with Gasteiger partial charge in [-0.05, 0) is 22.3 Å². The normalized spacial score (nSPS) is 13.0. The summed E-state index contributed by atoms with van der Waals surface area (Å²) in [5, 5.41) is 1.98. The van der Waals surface area contributed by atoms with E-state index in [1.54, 1.807) is 24.3 Å². The molecule has 0 fully saturated rings. The van der Waals surface area contributed by atoms with E-state index in [-0.39, 0.29) is 12.4 Å². The summed E-state index contributed by atoms with van der Waals surface area (Å²) in [4.78, 5) is 12.2. The number of rotatable bonds is 2. The van der Waals surface area contributed by atoms with Crippen molar-refractivity contribution in [1.29, 1.82) is 0 Å². The summed E-state index contributed by atoms with van der Waals surface area (Å²) in [6.07, 6.45) is -4.41. The van der Waals surface area contributed by atoms with Crippen LogP contribution in [0, 0.1) is 0 Å². The minimum Gasteiger partial charge on any atom is -0.346 e. The van der Waals surface area contributed by atoms with Gasteiger partial charge < -0.3 is 5.32 Å². The van der Waals surface area contributed by atoms with Gasteiger partial charge in [-0.3, -0.25) is 4.79 Å². The Hall–Kier alpha value is -2.01. The van der Waals surface area contributed by atoms with Gasteiger partial charge in [0.05, 0.1) is 5.92 Å². The molecule has 0 radical (unpaired) electrons. The zero-order chi connectivity index (χ0) is 15.0. The molecule has 1 aliphatic carbocycles. The molecule has 0 unspecified atom stereocenters. The molecule has 3 rings (SSSR count). The van der Waals surface area contributed by atoms with E-state index in [1.165, 1.54) is 0 Å². The molecule has 22 heavy (non-hydrogen) atoms. The second-order valence-electron chi connectivity index (χ2n) is 4.94. The minimum absolute atomic E-state index is 0. The number of hydrogen-bond donors (Lipinski definition) is 1. The van der Waals surface area contributed by atoms with Crippen molar-refractivity contribution in [2.45, 2.75) is 12.1 Å². The quantitative estimate of drug-likeness (QED) is 0.890. The number of carbonyl (C=O) groups is 1. The van der Waals surface area contributed by atoms with Crippen LogP contribution in [0.2, 0.25) is 0 Å². The van der Waals surface area contributed by atoms with Crippen LogP contribution in [0.3, 0.4) is 0 Å². The Morgan fingerprint density at radius 3 is 1.86 bits per heavy atom. The van der Waals surface area contributed by atoms with Crippen molar-refractivity contribution in [3.05, 3.63) is 59.7 Å². The lowest BCUT2D eigenvalue weighted by atomic mass is 9.96. The molecule has 0 saturated carbocycles. The first-order chi connectivity index (χ1) is 9.97. The SMILES string of the molecule is Cl.O=C(NCC(F)(F)F)C1c2ccccc2-c2ccccc21. The van der Waals surface area contributed by atoms with Crippen molar-refractivity contribution in [2.24, 2.45) is 0 Å². The largest absolute Gasteiger partial charge is 0.405 e. The van der Waals surface area contributed by atoms with Gasteiger partial charge in [0, 0.05) is 0 Å². The molecular formula is C16H13ClF3NO. The number of carbonyl (C=O) groups excluding carboxylic acids is 1. The molecule has 1 amide bonds. The molecule has 0 spiro atoms. The van der Waals surface area contributed by atoms with Gasteiger partial charge in [-0.2, -0.15) is 13.2 Å². The van der Waals surface area contributed by atoms with E-state index in [2.05, 4.69) is 0 Å². The van der Waals surface area contributed by atoms with Crippen molar-refractivity contribution in [1.82, 2.24) is 5.32 Å². The van der Waals surface area contributed by atoms with Crippen LogP contribution in [-0.2, 0) is 4.79 Å². The predicted octanol–water partition coefficient (Wildman–Crippen LogP) is 3.90. The lowest BCUT2D eigenvalue weighted by molar-refractivity contribution is -0.138. The molecule has 1 N–H and O–H groups in total. The molecule has 2 aromatic carbocycles. The van der Waals surface area contributed by atoms with Gasteiger partial charge in [0.2, 0.25) is 5.91 Å². The summed E-state index contributed by atoms with van der Waals surface area (Å²) < 4.78 is 36.8. The number of fused-ring (bicyclic) bond motifs is 3. The Labute approximate surface area is 131 Å². The smallest absolute Gasteiger partial charge is 0.346 e. The maximum absolute atomic E-state index is 12.3. The molecule has 2 nitrogen and oxygen atoms in total. The fourth-order valence-electron chi connectivity index (χ4n) is 2.73. The number of benzene rings is 2. The van der Waals surface area contributed by atoms with Crippen LogP contribution in [0.5, 0.6) is 0 Å². The third-order valence-corrected chi connectivity index (χ3v) is 3.56. The summed E-state index contributed by atoms with van der Waals surface area (Å²) in [7, 11) is 0. The zero-order valence-electron chi connectivity index (χ0n) is 11.4. The van der Waals surface area contributed by atoms with Crippen molar-refractivity contribution in [3.8, 4) is 11.1 Å². The van der Waals surface area contributed by atoms with Crippen LogP contribution in [0.15, 0.2) is 48.5 Å². The highest BCUT2D eigenvalue weighted by atomic mass is 35.5. The highest BCUT2D eigenvalue weighted by molar-refractivity contribution is 5.96. The maximum Gasteiger partial charge on any atom is 0.405 e. The van der Waals surface area contributed by atoms with Gasteiger partial charge in [0.1, 0.15) is 6.54 Å². The summed E-state index contributed by atoms with van der Waals surface area (Å²) >= 11 is 0. The van der Waals surface area contributed by atoms with Gasteiger partial charge in [0.25, 0.3) is 0 Å². The molecule has 0 aromatic heterocycles. The second-order valence-corrected chi connectivity index (χ2v) is 4.94. The Balaban J connectivity index is 0.00000176. The molecule has 0 atom stereocenters. The number of nitrogens with one attached hydrogen (secondary N) is 1. The fraction of sp³-hybridized carbons (Fsp3) is 0.188. The molecule has 0 heterocycles. The number of halogens is 4. The average Bonchev–Trinajstić information content (AvgIpc) is 2.79. The highest BCUT2D eigenvalue weighted by Gasteiger charge is 2.35. The molecule has 0 aliphatic heterocycles. The first-order valence-corrected chi connectivity index (χ1v) is 6.50. The van der Waals surface area contributed by atoms with E-state index in [0.717, 1.165) is 22.3 Å². The van der Waals surface area contributed by atoms with Gasteiger partial charge in [0.15, 0.2) is 0 Å². The Bertz CT molecular complexity index is 654. The Kier molecular flexibility index (Phi) is 4.47. The van der Waals surface area contributed by atoms with Crippen molar-refractivity contribution >= 4 is 18.3 Å². The third-order valence-electron chi connectivity index (χ3n) is 3.56. The molecule has 1 aliphatic rings. The minimum atomic E-state index is -4.41. The molecule has 6 heteroatoms. The number of alkyl halides is 3. The first kappa shape index (κ1) is 16.4. The average molecular weight is 328 g/mol. The molecule has 0 bridgehead atoms.